The van der Waals surface area contributed by atoms with Gasteiger partial charge < -0.3 is 10.1 Å². The number of benzene rings is 1. The summed E-state index contributed by atoms with van der Waals surface area (Å²) in [4.78, 5) is 23.9. The van der Waals surface area contributed by atoms with Crippen molar-refractivity contribution in [2.24, 2.45) is 0 Å². The topological polar surface area (TPSA) is 89.0 Å². The lowest BCUT2D eigenvalue weighted by molar-refractivity contribution is -0.118. The molecule has 0 saturated carbocycles. The van der Waals surface area contributed by atoms with Crippen LogP contribution < -0.4 is 11.0 Å². The van der Waals surface area contributed by atoms with Crippen LogP contribution in [0.15, 0.2) is 34.2 Å². The second kappa shape index (κ2) is 9.25. The van der Waals surface area contributed by atoms with Crippen LogP contribution in [0.5, 0.6) is 0 Å². The molecule has 0 spiro atoms. The number of carbonyl (C=O) groups is 1. The predicted octanol–water partition coefficient (Wildman–Crippen LogP) is 1.85. The first-order chi connectivity index (χ1) is 12.6. The van der Waals surface area contributed by atoms with Crippen molar-refractivity contribution >= 4 is 29.3 Å². The van der Waals surface area contributed by atoms with Crippen molar-refractivity contribution in [1.82, 2.24) is 20.1 Å². The first kappa shape index (κ1) is 19.0. The van der Waals surface area contributed by atoms with E-state index in [2.05, 4.69) is 15.5 Å². The molecular weight excluding hydrogens is 376 g/mol. The minimum atomic E-state index is -0.272. The number of nitrogens with zero attached hydrogens (tertiary/aromatic N) is 2. The lowest BCUT2D eigenvalue weighted by Gasteiger charge is -2.11. The molecule has 0 radical (unpaired) electrons. The van der Waals surface area contributed by atoms with Gasteiger partial charge in [-0.2, -0.15) is 0 Å². The SMILES string of the molecule is O=C(CSc1n[nH]c(=O)n1C[C@H]1CCCO1)NCCc1ccc(Cl)cc1. The summed E-state index contributed by atoms with van der Waals surface area (Å²) >= 11 is 7.09. The van der Waals surface area contributed by atoms with Crippen molar-refractivity contribution in [3.63, 3.8) is 0 Å². The van der Waals surface area contributed by atoms with E-state index in [0.29, 0.717) is 23.3 Å². The molecule has 1 aliphatic heterocycles. The monoisotopic (exact) mass is 396 g/mol. The Kier molecular flexibility index (Phi) is 6.76. The van der Waals surface area contributed by atoms with E-state index in [1.54, 1.807) is 4.57 Å². The highest BCUT2D eigenvalue weighted by Gasteiger charge is 2.20. The van der Waals surface area contributed by atoms with Crippen LogP contribution in [0.25, 0.3) is 0 Å². The van der Waals surface area contributed by atoms with Crippen LogP contribution in [0.4, 0.5) is 0 Å². The lowest BCUT2D eigenvalue weighted by atomic mass is 10.1. The van der Waals surface area contributed by atoms with Gasteiger partial charge in [-0.3, -0.25) is 9.36 Å². The van der Waals surface area contributed by atoms with Gasteiger partial charge in [0.05, 0.1) is 18.4 Å². The number of halogens is 1. The fourth-order valence-corrected chi connectivity index (χ4v) is 3.66. The molecule has 1 aromatic heterocycles. The number of aromatic amines is 1. The van der Waals surface area contributed by atoms with Gasteiger partial charge in [-0.1, -0.05) is 35.5 Å². The number of H-pyrrole nitrogens is 1. The van der Waals surface area contributed by atoms with Crippen molar-refractivity contribution in [3.8, 4) is 0 Å². The number of amides is 1. The van der Waals surface area contributed by atoms with E-state index < -0.39 is 0 Å². The highest BCUT2D eigenvalue weighted by atomic mass is 35.5. The molecule has 9 heteroatoms. The molecule has 0 aliphatic carbocycles. The summed E-state index contributed by atoms with van der Waals surface area (Å²) in [5.41, 5.74) is 0.839. The molecule has 2 N–H and O–H groups in total. The molecule has 1 atom stereocenters. The van der Waals surface area contributed by atoms with Crippen molar-refractivity contribution in [2.45, 2.75) is 37.1 Å². The highest BCUT2D eigenvalue weighted by Crippen LogP contribution is 2.17. The molecular formula is C17H21ClN4O3S. The summed E-state index contributed by atoms with van der Waals surface area (Å²) in [5.74, 6) is 0.110. The minimum absolute atomic E-state index is 0.0397. The van der Waals surface area contributed by atoms with Gasteiger partial charge in [0.25, 0.3) is 0 Å². The standard InChI is InChI=1S/C17H21ClN4O3S/c18-13-5-3-12(4-6-13)7-8-19-15(23)11-26-17-21-20-16(24)22(17)10-14-2-1-9-25-14/h3-6,14H,1-2,7-11H2,(H,19,23)(H,20,24)/t14-/m1/s1. The smallest absolute Gasteiger partial charge is 0.344 e. The zero-order valence-corrected chi connectivity index (χ0v) is 15.8. The van der Waals surface area contributed by atoms with Gasteiger partial charge in [0.15, 0.2) is 5.16 Å². The number of aromatic nitrogens is 3. The Morgan fingerprint density at radius 2 is 2.23 bits per heavy atom. The van der Waals surface area contributed by atoms with Crippen LogP contribution in [0, 0.1) is 0 Å². The molecule has 1 aliphatic rings. The van der Waals surface area contributed by atoms with Crippen LogP contribution in [0.1, 0.15) is 18.4 Å². The van der Waals surface area contributed by atoms with E-state index in [1.165, 1.54) is 11.8 Å². The van der Waals surface area contributed by atoms with Gasteiger partial charge in [0, 0.05) is 18.2 Å². The molecule has 26 heavy (non-hydrogen) atoms. The number of ether oxygens (including phenoxy) is 1. The van der Waals surface area contributed by atoms with Crippen LogP contribution in [-0.2, 0) is 22.5 Å². The lowest BCUT2D eigenvalue weighted by Crippen LogP contribution is -2.28. The van der Waals surface area contributed by atoms with Gasteiger partial charge in [-0.25, -0.2) is 9.89 Å². The third kappa shape index (κ3) is 5.36. The Morgan fingerprint density at radius 1 is 1.42 bits per heavy atom. The van der Waals surface area contributed by atoms with Crippen molar-refractivity contribution in [1.29, 1.82) is 0 Å². The third-order valence-corrected chi connectivity index (χ3v) is 5.34. The number of hydrogen-bond acceptors (Lipinski definition) is 5. The van der Waals surface area contributed by atoms with E-state index in [0.717, 1.165) is 31.4 Å². The normalized spacial score (nSPS) is 16.7. The molecule has 3 rings (SSSR count). The average Bonchev–Trinajstić information content (AvgIpc) is 3.26. The van der Waals surface area contributed by atoms with E-state index in [1.807, 2.05) is 24.3 Å². The molecule has 1 saturated heterocycles. The number of hydrogen-bond donors (Lipinski definition) is 2. The van der Waals surface area contributed by atoms with Crippen molar-refractivity contribution in [3.05, 3.63) is 45.3 Å². The summed E-state index contributed by atoms with van der Waals surface area (Å²) in [6.07, 6.45) is 2.72. The molecule has 2 heterocycles. The summed E-state index contributed by atoms with van der Waals surface area (Å²) in [6.45, 7) is 1.75. The molecule has 7 nitrogen and oxygen atoms in total. The molecule has 140 valence electrons. The Balaban J connectivity index is 1.44. The Hall–Kier alpha value is -1.77. The maximum absolute atomic E-state index is 12.0. The Labute approximate surface area is 160 Å². The zero-order valence-electron chi connectivity index (χ0n) is 14.2. The minimum Gasteiger partial charge on any atom is -0.376 e. The molecule has 0 unspecified atom stereocenters. The first-order valence-corrected chi connectivity index (χ1v) is 9.89. The number of nitrogens with one attached hydrogen (secondary N) is 2. The van der Waals surface area contributed by atoms with E-state index in [9.17, 15) is 9.59 Å². The summed E-state index contributed by atoms with van der Waals surface area (Å²) in [7, 11) is 0. The third-order valence-electron chi connectivity index (χ3n) is 4.11. The highest BCUT2D eigenvalue weighted by molar-refractivity contribution is 7.99. The van der Waals surface area contributed by atoms with Gasteiger partial charge >= 0.3 is 5.69 Å². The van der Waals surface area contributed by atoms with Gasteiger partial charge in [-0.05, 0) is 37.0 Å². The number of rotatable bonds is 8. The second-order valence-electron chi connectivity index (χ2n) is 6.07. The van der Waals surface area contributed by atoms with Gasteiger partial charge in [-0.15, -0.1) is 5.10 Å². The van der Waals surface area contributed by atoms with Gasteiger partial charge in [0.2, 0.25) is 5.91 Å². The second-order valence-corrected chi connectivity index (χ2v) is 7.45. The molecule has 1 fully saturated rings. The summed E-state index contributed by atoms with van der Waals surface area (Å²) < 4.78 is 7.11. The fraction of sp³-hybridized carbons (Fsp3) is 0.471. The zero-order chi connectivity index (χ0) is 18.4. The summed E-state index contributed by atoms with van der Waals surface area (Å²) in [5, 5.41) is 10.5. The van der Waals surface area contributed by atoms with Crippen LogP contribution in [0.3, 0.4) is 0 Å². The van der Waals surface area contributed by atoms with Gasteiger partial charge in [0.1, 0.15) is 0 Å². The molecule has 1 amide bonds. The van der Waals surface area contributed by atoms with Crippen molar-refractivity contribution in [2.75, 3.05) is 18.9 Å². The quantitative estimate of drug-likeness (QED) is 0.665. The largest absolute Gasteiger partial charge is 0.376 e. The maximum atomic E-state index is 12.0. The molecule has 2 aromatic rings. The maximum Gasteiger partial charge on any atom is 0.344 e. The van der Waals surface area contributed by atoms with E-state index >= 15 is 0 Å². The van der Waals surface area contributed by atoms with E-state index in [4.69, 9.17) is 16.3 Å². The fourth-order valence-electron chi connectivity index (χ4n) is 2.74. The van der Waals surface area contributed by atoms with E-state index in [-0.39, 0.29) is 23.5 Å². The van der Waals surface area contributed by atoms with Crippen LogP contribution in [0.2, 0.25) is 5.02 Å². The molecule has 1 aromatic carbocycles. The predicted molar refractivity (Wildman–Crippen MR) is 101 cm³/mol. The Bertz CT molecular complexity index is 784. The Morgan fingerprint density at radius 3 is 2.96 bits per heavy atom. The van der Waals surface area contributed by atoms with Crippen LogP contribution in [-0.4, -0.2) is 45.7 Å². The van der Waals surface area contributed by atoms with Crippen molar-refractivity contribution < 1.29 is 9.53 Å². The first-order valence-electron chi connectivity index (χ1n) is 8.52. The average molecular weight is 397 g/mol. The van der Waals surface area contributed by atoms with Crippen LogP contribution >= 0.6 is 23.4 Å². The molecule has 0 bridgehead atoms. The number of thioether (sulfide) groups is 1. The summed E-state index contributed by atoms with van der Waals surface area (Å²) in [6, 6.07) is 7.55. The number of carbonyl (C=O) groups excluding carboxylic acids is 1.